The Kier molecular flexibility index (Phi) is 3.95. The van der Waals surface area contributed by atoms with E-state index in [1.165, 1.54) is 70.6 Å². The third kappa shape index (κ3) is 2.60. The Morgan fingerprint density at radius 2 is 1.94 bits per heavy atom. The smallest absolute Gasteiger partial charge is 0.123 e. The molecule has 18 heavy (non-hydrogen) atoms. The van der Waals surface area contributed by atoms with Gasteiger partial charge in [-0.05, 0) is 19.3 Å². The highest BCUT2D eigenvalue weighted by molar-refractivity contribution is 5.15. The van der Waals surface area contributed by atoms with Crippen molar-refractivity contribution in [2.75, 3.05) is 0 Å². The summed E-state index contributed by atoms with van der Waals surface area (Å²) >= 11 is 0. The number of fused-ring (bicyclic) bond motifs is 1. The van der Waals surface area contributed by atoms with E-state index in [9.17, 15) is 0 Å². The third-order valence-electron chi connectivity index (χ3n) is 5.04. The second kappa shape index (κ2) is 5.50. The summed E-state index contributed by atoms with van der Waals surface area (Å²) in [6.45, 7) is 2.27. The summed E-state index contributed by atoms with van der Waals surface area (Å²) in [5.41, 5.74) is 0.176. The summed E-state index contributed by atoms with van der Waals surface area (Å²) in [4.78, 5) is 0. The van der Waals surface area contributed by atoms with E-state index >= 15 is 0 Å². The molecule has 3 fully saturated rings. The van der Waals surface area contributed by atoms with Crippen LogP contribution >= 0.6 is 0 Å². The van der Waals surface area contributed by atoms with Crippen molar-refractivity contribution in [3.8, 4) is 0 Å². The van der Waals surface area contributed by atoms with Gasteiger partial charge in [-0.3, -0.25) is 0 Å². The van der Waals surface area contributed by atoms with Gasteiger partial charge in [-0.2, -0.15) is 0 Å². The predicted octanol–water partition coefficient (Wildman–Crippen LogP) is 4.22. The van der Waals surface area contributed by atoms with E-state index in [1.54, 1.807) is 0 Å². The molecule has 0 N–H and O–H groups in total. The third-order valence-corrected chi connectivity index (χ3v) is 5.04. The van der Waals surface area contributed by atoms with E-state index in [-0.39, 0.29) is 5.60 Å². The first kappa shape index (κ1) is 12.9. The minimum atomic E-state index is 0.176. The quantitative estimate of drug-likeness (QED) is 0.522. The first-order chi connectivity index (χ1) is 8.87. The van der Waals surface area contributed by atoms with E-state index in [1.807, 2.05) is 0 Å². The second-order valence-electron chi connectivity index (χ2n) is 6.46. The van der Waals surface area contributed by atoms with Crippen molar-refractivity contribution in [2.24, 2.45) is 0 Å². The average molecular weight is 252 g/mol. The Hall–Kier alpha value is -0.0800. The van der Waals surface area contributed by atoms with E-state index in [0.717, 1.165) is 0 Å². The van der Waals surface area contributed by atoms with Gasteiger partial charge in [-0.1, -0.05) is 58.3 Å². The van der Waals surface area contributed by atoms with Crippen molar-refractivity contribution in [1.29, 1.82) is 0 Å². The molecule has 0 amide bonds. The predicted molar refractivity (Wildman–Crippen MR) is 72.7 cm³/mol. The number of epoxide rings is 2. The minimum absolute atomic E-state index is 0.176. The van der Waals surface area contributed by atoms with E-state index in [0.29, 0.717) is 18.3 Å². The Morgan fingerprint density at radius 1 is 1.06 bits per heavy atom. The maximum Gasteiger partial charge on any atom is 0.123 e. The Balaban J connectivity index is 1.43. The summed E-state index contributed by atoms with van der Waals surface area (Å²) < 4.78 is 12.0. The number of ether oxygens (including phenoxy) is 2. The van der Waals surface area contributed by atoms with Crippen LogP contribution in [0.4, 0.5) is 0 Å². The van der Waals surface area contributed by atoms with Crippen LogP contribution in [0.25, 0.3) is 0 Å². The number of hydrogen-bond donors (Lipinski definition) is 0. The molecule has 2 saturated heterocycles. The monoisotopic (exact) mass is 252 g/mol. The van der Waals surface area contributed by atoms with Crippen molar-refractivity contribution in [1.82, 2.24) is 0 Å². The lowest BCUT2D eigenvalue weighted by Crippen LogP contribution is -2.25. The molecular weight excluding hydrogens is 224 g/mol. The average Bonchev–Trinajstić information content (AvgIpc) is 3.22. The molecule has 0 spiro atoms. The van der Waals surface area contributed by atoms with Crippen molar-refractivity contribution in [3.05, 3.63) is 0 Å². The Labute approximate surface area is 111 Å². The fraction of sp³-hybridized carbons (Fsp3) is 1.00. The fourth-order valence-corrected chi connectivity index (χ4v) is 3.80. The molecule has 2 heterocycles. The van der Waals surface area contributed by atoms with Crippen molar-refractivity contribution in [3.63, 3.8) is 0 Å². The summed E-state index contributed by atoms with van der Waals surface area (Å²) in [5.74, 6) is 0. The van der Waals surface area contributed by atoms with Crippen molar-refractivity contribution in [2.45, 2.75) is 101 Å². The molecule has 1 saturated carbocycles. The highest BCUT2D eigenvalue weighted by Crippen LogP contribution is 2.55. The summed E-state index contributed by atoms with van der Waals surface area (Å²) in [5, 5.41) is 0. The van der Waals surface area contributed by atoms with Crippen molar-refractivity contribution < 1.29 is 9.47 Å². The molecule has 3 aliphatic rings. The largest absolute Gasteiger partial charge is 0.366 e. The molecule has 2 heteroatoms. The summed E-state index contributed by atoms with van der Waals surface area (Å²) in [7, 11) is 0. The molecule has 0 aromatic heterocycles. The van der Waals surface area contributed by atoms with Crippen LogP contribution in [-0.2, 0) is 9.47 Å². The molecule has 0 radical (unpaired) electrons. The second-order valence-corrected chi connectivity index (χ2v) is 6.46. The highest BCUT2D eigenvalue weighted by atomic mass is 16.7. The summed E-state index contributed by atoms with van der Waals surface area (Å²) in [6, 6.07) is 0. The van der Waals surface area contributed by atoms with Gasteiger partial charge in [0, 0.05) is 0 Å². The molecule has 0 aromatic carbocycles. The zero-order valence-electron chi connectivity index (χ0n) is 11.8. The molecule has 2 nitrogen and oxygen atoms in total. The van der Waals surface area contributed by atoms with Crippen LogP contribution in [0.15, 0.2) is 0 Å². The van der Waals surface area contributed by atoms with Gasteiger partial charge in [0.05, 0.1) is 12.2 Å². The molecule has 2 aliphatic heterocycles. The standard InChI is InChI=1S/C16H28O2/c1-2-3-4-7-10-13-15(17-13)16-12-9-6-5-8-11-14(16)18-16/h13-15H,2-12H2,1H3. The molecule has 4 atom stereocenters. The summed E-state index contributed by atoms with van der Waals surface area (Å²) in [6.07, 6.45) is 16.3. The van der Waals surface area contributed by atoms with Crippen LogP contribution in [0.1, 0.15) is 77.6 Å². The van der Waals surface area contributed by atoms with Crippen LogP contribution in [0.3, 0.4) is 0 Å². The number of unbranched alkanes of at least 4 members (excludes halogenated alkanes) is 3. The maximum atomic E-state index is 6.08. The van der Waals surface area contributed by atoms with E-state index < -0.39 is 0 Å². The lowest BCUT2D eigenvalue weighted by Gasteiger charge is -2.13. The molecular formula is C16H28O2. The SMILES string of the molecule is CCCCCCC1OC1C12CCCCCCC1O2. The molecule has 0 bridgehead atoms. The highest BCUT2D eigenvalue weighted by Gasteiger charge is 2.68. The normalized spacial score (nSPS) is 42.8. The van der Waals surface area contributed by atoms with Gasteiger partial charge < -0.3 is 9.47 Å². The van der Waals surface area contributed by atoms with Gasteiger partial charge in [0.15, 0.2) is 0 Å². The molecule has 4 unspecified atom stereocenters. The van der Waals surface area contributed by atoms with Gasteiger partial charge in [0.2, 0.25) is 0 Å². The zero-order chi connectivity index (χ0) is 12.4. The van der Waals surface area contributed by atoms with Gasteiger partial charge in [-0.15, -0.1) is 0 Å². The molecule has 104 valence electrons. The van der Waals surface area contributed by atoms with E-state index in [2.05, 4.69) is 6.92 Å². The number of rotatable bonds is 6. The lowest BCUT2D eigenvalue weighted by molar-refractivity contribution is 0.218. The van der Waals surface area contributed by atoms with Gasteiger partial charge in [-0.25, -0.2) is 0 Å². The Bertz CT molecular complexity index is 278. The fourth-order valence-electron chi connectivity index (χ4n) is 3.80. The number of hydrogen-bond acceptors (Lipinski definition) is 2. The van der Waals surface area contributed by atoms with Crippen LogP contribution in [0.5, 0.6) is 0 Å². The van der Waals surface area contributed by atoms with Crippen LogP contribution in [0, 0.1) is 0 Å². The van der Waals surface area contributed by atoms with E-state index in [4.69, 9.17) is 9.47 Å². The van der Waals surface area contributed by atoms with Gasteiger partial charge >= 0.3 is 0 Å². The maximum absolute atomic E-state index is 6.08. The minimum Gasteiger partial charge on any atom is -0.366 e. The van der Waals surface area contributed by atoms with Crippen LogP contribution in [0.2, 0.25) is 0 Å². The lowest BCUT2D eigenvalue weighted by atomic mass is 9.87. The zero-order valence-corrected chi connectivity index (χ0v) is 11.8. The Morgan fingerprint density at radius 3 is 2.83 bits per heavy atom. The molecule has 0 aromatic rings. The molecule has 1 aliphatic carbocycles. The topological polar surface area (TPSA) is 25.1 Å². The van der Waals surface area contributed by atoms with Gasteiger partial charge in [0.25, 0.3) is 0 Å². The van der Waals surface area contributed by atoms with Crippen LogP contribution in [-0.4, -0.2) is 23.9 Å². The first-order valence-corrected chi connectivity index (χ1v) is 8.20. The molecule has 3 rings (SSSR count). The first-order valence-electron chi connectivity index (χ1n) is 8.20. The van der Waals surface area contributed by atoms with Gasteiger partial charge in [0.1, 0.15) is 11.7 Å². The van der Waals surface area contributed by atoms with Crippen molar-refractivity contribution >= 4 is 0 Å². The van der Waals surface area contributed by atoms with Crippen LogP contribution < -0.4 is 0 Å².